The van der Waals surface area contributed by atoms with Gasteiger partial charge < -0.3 is 10.1 Å². The van der Waals surface area contributed by atoms with E-state index in [1.165, 1.54) is 6.07 Å². The number of nitrogens with one attached hydrogen (secondary N) is 1. The average Bonchev–Trinajstić information content (AvgIpc) is 2.89. The molecule has 1 amide bonds. The minimum Gasteiger partial charge on any atom is -0.487 e. The standard InChI is InChI=1S/C32H32FN3O2/c1-3-7-28-31(32(37)36-20(2)35-28)30(23-16-17-29(27(33)18-23)38-25-9-6-10-25)22-14-12-21(13-15-22)26-11-5-4-8-24(26)19-34/h4-5,8,11-18,20,25,30-31H,3,6-7,9-10H2,1-2H3,(H,36,37)/t20?,30-,31?/m0/s1. The summed E-state index contributed by atoms with van der Waals surface area (Å²) in [6.45, 7) is 3.94. The quantitative estimate of drug-likeness (QED) is 0.365. The van der Waals surface area contributed by atoms with Gasteiger partial charge in [0.15, 0.2) is 11.6 Å². The van der Waals surface area contributed by atoms with Crippen LogP contribution in [-0.4, -0.2) is 23.9 Å². The summed E-state index contributed by atoms with van der Waals surface area (Å²) in [7, 11) is 0. The lowest BCUT2D eigenvalue weighted by molar-refractivity contribution is -0.124. The van der Waals surface area contributed by atoms with Gasteiger partial charge >= 0.3 is 0 Å². The van der Waals surface area contributed by atoms with E-state index in [2.05, 4.69) is 18.3 Å². The predicted octanol–water partition coefficient (Wildman–Crippen LogP) is 6.76. The number of ether oxygens (including phenoxy) is 1. The van der Waals surface area contributed by atoms with Crippen molar-refractivity contribution in [1.29, 1.82) is 5.26 Å². The smallest absolute Gasteiger partial charge is 0.231 e. The molecule has 1 aliphatic heterocycles. The van der Waals surface area contributed by atoms with E-state index in [-0.39, 0.29) is 23.9 Å². The van der Waals surface area contributed by atoms with Crippen LogP contribution in [0, 0.1) is 23.1 Å². The molecule has 2 aliphatic rings. The normalized spacial score (nSPS) is 20.1. The Morgan fingerprint density at radius 1 is 1.11 bits per heavy atom. The number of benzene rings is 3. The molecule has 5 rings (SSSR count). The Kier molecular flexibility index (Phi) is 7.55. The number of nitriles is 1. The van der Waals surface area contributed by atoms with Gasteiger partial charge in [-0.2, -0.15) is 5.26 Å². The lowest BCUT2D eigenvalue weighted by Gasteiger charge is -2.33. The summed E-state index contributed by atoms with van der Waals surface area (Å²) >= 11 is 0. The van der Waals surface area contributed by atoms with E-state index in [1.54, 1.807) is 12.1 Å². The molecule has 0 aromatic heterocycles. The van der Waals surface area contributed by atoms with Gasteiger partial charge in [-0.1, -0.05) is 61.9 Å². The third-order valence-electron chi connectivity index (χ3n) is 7.48. The van der Waals surface area contributed by atoms with Gasteiger partial charge in [-0.25, -0.2) is 4.39 Å². The van der Waals surface area contributed by atoms with Crippen LogP contribution in [0.3, 0.4) is 0 Å². The Morgan fingerprint density at radius 2 is 1.84 bits per heavy atom. The first-order valence-corrected chi connectivity index (χ1v) is 13.4. The summed E-state index contributed by atoms with van der Waals surface area (Å²) in [6.07, 6.45) is 4.33. The van der Waals surface area contributed by atoms with Crippen LogP contribution in [-0.2, 0) is 4.79 Å². The van der Waals surface area contributed by atoms with E-state index >= 15 is 4.39 Å². The third kappa shape index (κ3) is 5.19. The summed E-state index contributed by atoms with van der Waals surface area (Å²) in [5, 5.41) is 12.5. The van der Waals surface area contributed by atoms with Gasteiger partial charge in [0.1, 0.15) is 6.17 Å². The molecule has 194 valence electrons. The van der Waals surface area contributed by atoms with Crippen molar-refractivity contribution in [3.05, 3.63) is 89.2 Å². The highest BCUT2D eigenvalue weighted by Crippen LogP contribution is 2.39. The summed E-state index contributed by atoms with van der Waals surface area (Å²) in [5.41, 5.74) is 4.77. The lowest BCUT2D eigenvalue weighted by Crippen LogP contribution is -2.47. The van der Waals surface area contributed by atoms with Gasteiger partial charge in [-0.3, -0.25) is 9.79 Å². The van der Waals surface area contributed by atoms with Crippen molar-refractivity contribution in [3.8, 4) is 22.9 Å². The molecule has 5 nitrogen and oxygen atoms in total. The zero-order chi connectivity index (χ0) is 26.6. The number of rotatable bonds is 8. The molecule has 6 heteroatoms. The summed E-state index contributed by atoms with van der Waals surface area (Å²) in [6, 6.07) is 22.6. The Hall–Kier alpha value is -3.98. The number of carbonyl (C=O) groups excluding carboxylic acids is 1. The van der Waals surface area contributed by atoms with Crippen LogP contribution < -0.4 is 10.1 Å². The molecule has 1 N–H and O–H groups in total. The number of amides is 1. The Morgan fingerprint density at radius 3 is 2.50 bits per heavy atom. The molecule has 1 saturated carbocycles. The number of nitrogens with zero attached hydrogens (tertiary/aromatic N) is 2. The molecule has 0 bridgehead atoms. The SMILES string of the molecule is CCCC1=NC(C)NC(=O)C1[C@@H](c1ccc(-c2ccccc2C#N)cc1)c1ccc(OC2CCC2)c(F)c1. The number of aliphatic imine (C=N–C) groups is 1. The van der Waals surface area contributed by atoms with Crippen molar-refractivity contribution < 1.29 is 13.9 Å². The molecule has 0 spiro atoms. The number of hydrogen-bond acceptors (Lipinski definition) is 4. The second-order valence-corrected chi connectivity index (χ2v) is 10.2. The van der Waals surface area contributed by atoms with Gasteiger partial charge in [0.2, 0.25) is 5.91 Å². The lowest BCUT2D eigenvalue weighted by atomic mass is 9.75. The first-order valence-electron chi connectivity index (χ1n) is 13.4. The molecule has 3 aromatic carbocycles. The highest BCUT2D eigenvalue weighted by Gasteiger charge is 2.38. The number of hydrogen-bond donors (Lipinski definition) is 1. The van der Waals surface area contributed by atoms with Crippen molar-refractivity contribution in [2.75, 3.05) is 0 Å². The maximum absolute atomic E-state index is 15.3. The fourth-order valence-electron chi connectivity index (χ4n) is 5.38. The predicted molar refractivity (Wildman–Crippen MR) is 147 cm³/mol. The van der Waals surface area contributed by atoms with E-state index in [0.29, 0.717) is 17.5 Å². The van der Waals surface area contributed by atoms with E-state index in [9.17, 15) is 10.1 Å². The molecule has 1 fully saturated rings. The third-order valence-corrected chi connectivity index (χ3v) is 7.48. The van der Waals surface area contributed by atoms with E-state index < -0.39 is 17.7 Å². The van der Waals surface area contributed by atoms with Gasteiger partial charge in [0, 0.05) is 11.6 Å². The first-order chi connectivity index (χ1) is 18.5. The van der Waals surface area contributed by atoms with Gasteiger partial charge in [0.05, 0.1) is 23.7 Å². The zero-order valence-electron chi connectivity index (χ0n) is 21.8. The second-order valence-electron chi connectivity index (χ2n) is 10.2. The maximum Gasteiger partial charge on any atom is 0.231 e. The molecule has 2 unspecified atom stereocenters. The molecule has 1 heterocycles. The number of halogens is 1. The zero-order valence-corrected chi connectivity index (χ0v) is 21.8. The summed E-state index contributed by atoms with van der Waals surface area (Å²) in [5.74, 6) is -1.25. The van der Waals surface area contributed by atoms with Crippen molar-refractivity contribution >= 4 is 11.6 Å². The van der Waals surface area contributed by atoms with Gasteiger partial charge in [-0.05, 0) is 73.1 Å². The van der Waals surface area contributed by atoms with Gasteiger partial charge in [-0.15, -0.1) is 0 Å². The van der Waals surface area contributed by atoms with Crippen LogP contribution >= 0.6 is 0 Å². The van der Waals surface area contributed by atoms with Crippen molar-refractivity contribution in [2.45, 2.75) is 64.1 Å². The number of carbonyl (C=O) groups is 1. The highest BCUT2D eigenvalue weighted by atomic mass is 19.1. The Bertz CT molecular complexity index is 1390. The molecule has 3 atom stereocenters. The molecule has 0 radical (unpaired) electrons. The highest BCUT2D eigenvalue weighted by molar-refractivity contribution is 6.07. The van der Waals surface area contributed by atoms with E-state index in [0.717, 1.165) is 48.1 Å². The van der Waals surface area contributed by atoms with Crippen LogP contribution in [0.5, 0.6) is 5.75 Å². The fraction of sp³-hybridized carbons (Fsp3) is 0.344. The fourth-order valence-corrected chi connectivity index (χ4v) is 5.38. The van der Waals surface area contributed by atoms with Crippen molar-refractivity contribution in [3.63, 3.8) is 0 Å². The van der Waals surface area contributed by atoms with Gasteiger partial charge in [0.25, 0.3) is 0 Å². The minimum atomic E-state index is -0.554. The Labute approximate surface area is 223 Å². The average molecular weight is 510 g/mol. The van der Waals surface area contributed by atoms with Crippen LogP contribution in [0.1, 0.15) is 68.6 Å². The second kappa shape index (κ2) is 11.2. The van der Waals surface area contributed by atoms with E-state index in [1.807, 2.05) is 55.5 Å². The Balaban J connectivity index is 1.57. The van der Waals surface area contributed by atoms with Crippen molar-refractivity contribution in [2.24, 2.45) is 10.9 Å². The molecular weight excluding hydrogens is 477 g/mol. The largest absolute Gasteiger partial charge is 0.487 e. The van der Waals surface area contributed by atoms with Crippen LogP contribution in [0.4, 0.5) is 4.39 Å². The van der Waals surface area contributed by atoms with E-state index in [4.69, 9.17) is 9.73 Å². The molecule has 3 aromatic rings. The molecule has 1 aliphatic carbocycles. The van der Waals surface area contributed by atoms with Crippen LogP contribution in [0.2, 0.25) is 0 Å². The molecular formula is C32H32FN3O2. The summed E-state index contributed by atoms with van der Waals surface area (Å²) in [4.78, 5) is 18.2. The summed E-state index contributed by atoms with van der Waals surface area (Å²) < 4.78 is 21.1. The first kappa shape index (κ1) is 25.7. The van der Waals surface area contributed by atoms with Crippen molar-refractivity contribution in [1.82, 2.24) is 5.32 Å². The molecule has 38 heavy (non-hydrogen) atoms. The van der Waals surface area contributed by atoms with Crippen LogP contribution in [0.15, 0.2) is 71.7 Å². The minimum absolute atomic E-state index is 0.0730. The topological polar surface area (TPSA) is 74.5 Å². The molecule has 0 saturated heterocycles. The monoisotopic (exact) mass is 509 g/mol. The maximum atomic E-state index is 15.3. The van der Waals surface area contributed by atoms with Crippen LogP contribution in [0.25, 0.3) is 11.1 Å².